The fraction of sp³-hybridized carbons (Fsp3) is 0.591. The molecule has 0 unspecified atom stereocenters. The lowest BCUT2D eigenvalue weighted by Crippen LogP contribution is -2.64. The van der Waals surface area contributed by atoms with Crippen molar-refractivity contribution in [1.29, 1.82) is 0 Å². The molecule has 152 valence electrons. The molecule has 4 rings (SSSR count). The number of benzene rings is 1. The summed E-state index contributed by atoms with van der Waals surface area (Å²) in [5.41, 5.74) is -1.15. The van der Waals surface area contributed by atoms with Crippen LogP contribution < -0.4 is 5.32 Å². The van der Waals surface area contributed by atoms with Crippen LogP contribution >= 0.6 is 0 Å². The minimum absolute atomic E-state index is 0.101. The Morgan fingerprint density at radius 2 is 1.71 bits per heavy atom. The van der Waals surface area contributed by atoms with Crippen molar-refractivity contribution in [1.82, 2.24) is 5.32 Å². The molecular weight excluding hydrogens is 358 g/mol. The zero-order chi connectivity index (χ0) is 20.4. The van der Waals surface area contributed by atoms with Gasteiger partial charge in [-0.05, 0) is 52.0 Å². The fourth-order valence-electron chi connectivity index (χ4n) is 4.08. The maximum absolute atomic E-state index is 12.8. The van der Waals surface area contributed by atoms with Crippen molar-refractivity contribution in [2.45, 2.75) is 70.4 Å². The molecule has 6 nitrogen and oxygen atoms in total. The first-order chi connectivity index (χ1) is 13.1. The molecule has 1 aromatic carbocycles. The molecule has 0 atom stereocenters. The lowest BCUT2D eigenvalue weighted by molar-refractivity contribution is -0.177. The summed E-state index contributed by atoms with van der Waals surface area (Å²) in [7, 11) is 0. The zero-order valence-electron chi connectivity index (χ0n) is 16.9. The number of hydrogen-bond donors (Lipinski definition) is 1. The second-order valence-electron chi connectivity index (χ2n) is 8.96. The third kappa shape index (κ3) is 4.37. The highest BCUT2D eigenvalue weighted by Crippen LogP contribution is 2.51. The number of carbonyl (C=O) groups is 3. The molecule has 1 amide bonds. The monoisotopic (exact) mass is 387 g/mol. The largest absolute Gasteiger partial charge is 0.460 e. The van der Waals surface area contributed by atoms with Crippen LogP contribution in [0.25, 0.3) is 0 Å². The lowest BCUT2D eigenvalue weighted by Gasteiger charge is -2.50. The van der Waals surface area contributed by atoms with E-state index in [-0.39, 0.29) is 24.8 Å². The summed E-state index contributed by atoms with van der Waals surface area (Å²) in [6.45, 7) is 5.73. The smallest absolute Gasteiger partial charge is 0.407 e. The Kier molecular flexibility index (Phi) is 5.50. The van der Waals surface area contributed by atoms with Gasteiger partial charge in [-0.15, -0.1) is 0 Å². The number of rotatable bonds is 5. The van der Waals surface area contributed by atoms with E-state index < -0.39 is 22.6 Å². The van der Waals surface area contributed by atoms with Gasteiger partial charge in [-0.2, -0.15) is 0 Å². The van der Waals surface area contributed by atoms with E-state index in [0.29, 0.717) is 32.1 Å². The average molecular weight is 387 g/mol. The molecule has 0 aliphatic heterocycles. The average Bonchev–Trinajstić information content (AvgIpc) is 2.62. The van der Waals surface area contributed by atoms with Crippen LogP contribution in [-0.2, 0) is 25.5 Å². The fourth-order valence-corrected chi connectivity index (χ4v) is 4.08. The van der Waals surface area contributed by atoms with Crippen molar-refractivity contribution in [3.63, 3.8) is 0 Å². The molecule has 2 bridgehead atoms. The second-order valence-corrected chi connectivity index (χ2v) is 8.96. The van der Waals surface area contributed by atoms with Crippen LogP contribution in [0.15, 0.2) is 30.3 Å². The maximum Gasteiger partial charge on any atom is 0.407 e. The van der Waals surface area contributed by atoms with E-state index in [1.54, 1.807) is 0 Å². The molecular formula is C22H29NO5. The van der Waals surface area contributed by atoms with E-state index >= 15 is 0 Å². The topological polar surface area (TPSA) is 81.7 Å². The van der Waals surface area contributed by atoms with Crippen molar-refractivity contribution < 1.29 is 23.9 Å². The molecule has 6 heteroatoms. The van der Waals surface area contributed by atoms with E-state index in [1.807, 2.05) is 51.1 Å². The van der Waals surface area contributed by atoms with Gasteiger partial charge in [0.2, 0.25) is 0 Å². The number of ketones is 1. The van der Waals surface area contributed by atoms with Crippen molar-refractivity contribution in [2.75, 3.05) is 6.61 Å². The Labute approximate surface area is 166 Å². The summed E-state index contributed by atoms with van der Waals surface area (Å²) in [5, 5.41) is 2.80. The maximum atomic E-state index is 12.8. The van der Waals surface area contributed by atoms with Gasteiger partial charge >= 0.3 is 12.1 Å². The minimum Gasteiger partial charge on any atom is -0.460 e. The molecule has 28 heavy (non-hydrogen) atoms. The number of amides is 1. The molecule has 0 aromatic heterocycles. The first-order valence-electron chi connectivity index (χ1n) is 9.90. The highest BCUT2D eigenvalue weighted by Gasteiger charge is 2.59. The Balaban J connectivity index is 1.54. The molecule has 1 N–H and O–H groups in total. The Morgan fingerprint density at radius 3 is 2.29 bits per heavy atom. The quantitative estimate of drug-likeness (QED) is 0.781. The summed E-state index contributed by atoms with van der Waals surface area (Å²) in [6.07, 6.45) is 2.13. The third-order valence-corrected chi connectivity index (χ3v) is 5.73. The van der Waals surface area contributed by atoms with E-state index in [0.717, 1.165) is 5.56 Å². The van der Waals surface area contributed by atoms with Gasteiger partial charge in [0.05, 0.1) is 12.0 Å². The van der Waals surface area contributed by atoms with Crippen LogP contribution in [0.3, 0.4) is 0 Å². The molecule has 0 radical (unpaired) electrons. The SMILES string of the molecule is CC(C)(C)OC(=O)C12CCC(NC(=O)OCCc3ccccc3)(CC1)C(=O)C2. The van der Waals surface area contributed by atoms with Crippen LogP contribution in [0.4, 0.5) is 4.79 Å². The highest BCUT2D eigenvalue weighted by molar-refractivity contribution is 5.98. The molecule has 3 aliphatic carbocycles. The summed E-state index contributed by atoms with van der Waals surface area (Å²) in [5.74, 6) is -0.400. The van der Waals surface area contributed by atoms with Crippen LogP contribution in [0.2, 0.25) is 0 Å². The normalized spacial score (nSPS) is 26.6. The van der Waals surface area contributed by atoms with Gasteiger partial charge in [0, 0.05) is 12.8 Å². The van der Waals surface area contributed by atoms with Crippen molar-refractivity contribution in [3.05, 3.63) is 35.9 Å². The van der Waals surface area contributed by atoms with Gasteiger partial charge in [0.25, 0.3) is 0 Å². The van der Waals surface area contributed by atoms with Gasteiger partial charge in [0.1, 0.15) is 11.1 Å². The van der Waals surface area contributed by atoms with E-state index in [9.17, 15) is 14.4 Å². The van der Waals surface area contributed by atoms with Crippen LogP contribution in [0.1, 0.15) is 58.4 Å². The standard InChI is InChI=1S/C22H29NO5/c1-20(2,3)28-18(25)21-10-12-22(13-11-21,17(24)15-21)23-19(26)27-14-9-16-7-5-4-6-8-16/h4-8H,9-15H2,1-3H3,(H,23,26). The highest BCUT2D eigenvalue weighted by atomic mass is 16.6. The number of hydrogen-bond acceptors (Lipinski definition) is 5. The predicted molar refractivity (Wildman–Crippen MR) is 104 cm³/mol. The van der Waals surface area contributed by atoms with Gasteiger partial charge in [-0.3, -0.25) is 9.59 Å². The van der Waals surface area contributed by atoms with Gasteiger partial charge in [0.15, 0.2) is 5.78 Å². The first kappa shape index (κ1) is 20.4. The lowest BCUT2D eigenvalue weighted by atomic mass is 9.56. The number of nitrogens with one attached hydrogen (secondary N) is 1. The summed E-state index contributed by atoms with van der Waals surface area (Å²) in [6, 6.07) is 9.76. The van der Waals surface area contributed by atoms with E-state index in [4.69, 9.17) is 9.47 Å². The molecule has 0 heterocycles. The number of esters is 1. The number of Topliss-reactive ketones (excluding diaryl/α,β-unsaturated/α-hetero) is 1. The van der Waals surface area contributed by atoms with E-state index in [2.05, 4.69) is 5.32 Å². The van der Waals surface area contributed by atoms with Crippen LogP contribution in [0.5, 0.6) is 0 Å². The number of ether oxygens (including phenoxy) is 2. The molecule has 3 saturated carbocycles. The zero-order valence-corrected chi connectivity index (χ0v) is 16.9. The van der Waals surface area contributed by atoms with Crippen LogP contribution in [-0.4, -0.2) is 35.6 Å². The minimum atomic E-state index is -0.909. The van der Waals surface area contributed by atoms with Gasteiger partial charge in [-0.1, -0.05) is 30.3 Å². The number of alkyl carbamates (subject to hydrolysis) is 1. The first-order valence-corrected chi connectivity index (χ1v) is 9.90. The van der Waals surface area contributed by atoms with Crippen molar-refractivity contribution in [3.8, 4) is 0 Å². The molecule has 3 aliphatic rings. The number of carbonyl (C=O) groups excluding carboxylic acids is 3. The summed E-state index contributed by atoms with van der Waals surface area (Å²) in [4.78, 5) is 37.7. The predicted octanol–water partition coefficient (Wildman–Crippen LogP) is 3.57. The Morgan fingerprint density at radius 1 is 1.07 bits per heavy atom. The number of fused-ring (bicyclic) bond motifs is 3. The van der Waals surface area contributed by atoms with Crippen molar-refractivity contribution in [2.24, 2.45) is 5.41 Å². The Hall–Kier alpha value is -2.37. The van der Waals surface area contributed by atoms with Crippen molar-refractivity contribution >= 4 is 17.8 Å². The Bertz CT molecular complexity index is 742. The van der Waals surface area contributed by atoms with Crippen LogP contribution in [0, 0.1) is 5.41 Å². The summed E-state index contributed by atoms with van der Waals surface area (Å²) >= 11 is 0. The van der Waals surface area contributed by atoms with E-state index in [1.165, 1.54) is 0 Å². The molecule has 0 saturated heterocycles. The van der Waals surface area contributed by atoms with Gasteiger partial charge < -0.3 is 14.8 Å². The second kappa shape index (κ2) is 7.57. The summed E-state index contributed by atoms with van der Waals surface area (Å²) < 4.78 is 10.8. The van der Waals surface area contributed by atoms with Gasteiger partial charge in [-0.25, -0.2) is 4.79 Å². The molecule has 3 fully saturated rings. The molecule has 0 spiro atoms. The molecule has 1 aromatic rings. The third-order valence-electron chi connectivity index (χ3n) is 5.73.